The third-order valence-electron chi connectivity index (χ3n) is 4.75. The van der Waals surface area contributed by atoms with Crippen LogP contribution in [-0.4, -0.2) is 30.0 Å². The average Bonchev–Trinajstić information content (AvgIpc) is 2.88. The summed E-state index contributed by atoms with van der Waals surface area (Å²) in [6.07, 6.45) is 5.93. The van der Waals surface area contributed by atoms with E-state index in [0.717, 1.165) is 30.7 Å². The van der Waals surface area contributed by atoms with Crippen molar-refractivity contribution < 1.29 is 14.9 Å². The fourth-order valence-electron chi connectivity index (χ4n) is 3.40. The lowest BCUT2D eigenvalue weighted by Gasteiger charge is -2.36. The predicted octanol–water partition coefficient (Wildman–Crippen LogP) is 2.36. The van der Waals surface area contributed by atoms with E-state index in [-0.39, 0.29) is 23.8 Å². The van der Waals surface area contributed by atoms with Gasteiger partial charge in [-0.3, -0.25) is 0 Å². The van der Waals surface area contributed by atoms with Gasteiger partial charge >= 0.3 is 0 Å². The lowest BCUT2D eigenvalue weighted by Crippen LogP contribution is -2.40. The van der Waals surface area contributed by atoms with Crippen LogP contribution in [0, 0.1) is 5.41 Å². The van der Waals surface area contributed by atoms with Crippen LogP contribution in [-0.2, 0) is 0 Å². The van der Waals surface area contributed by atoms with Crippen molar-refractivity contribution in [2.24, 2.45) is 5.41 Å². The van der Waals surface area contributed by atoms with Crippen molar-refractivity contribution in [3.8, 4) is 11.5 Å². The van der Waals surface area contributed by atoms with Gasteiger partial charge in [0.05, 0.1) is 6.04 Å². The molecule has 0 saturated heterocycles. The SMILES string of the molecule is OCC1(CNC2COc3cc(O)ccc32)CCCCC1. The average molecular weight is 277 g/mol. The van der Waals surface area contributed by atoms with E-state index in [0.29, 0.717) is 6.61 Å². The highest BCUT2D eigenvalue weighted by Crippen LogP contribution is 2.38. The molecular weight excluding hydrogens is 254 g/mol. The highest BCUT2D eigenvalue weighted by Gasteiger charge is 2.33. The summed E-state index contributed by atoms with van der Waals surface area (Å²) in [7, 11) is 0. The molecule has 0 radical (unpaired) electrons. The molecule has 3 rings (SSSR count). The Balaban J connectivity index is 1.65. The van der Waals surface area contributed by atoms with Crippen molar-refractivity contribution in [2.75, 3.05) is 19.8 Å². The highest BCUT2D eigenvalue weighted by atomic mass is 16.5. The summed E-state index contributed by atoms with van der Waals surface area (Å²) in [5.41, 5.74) is 1.14. The second-order valence-electron chi connectivity index (χ2n) is 6.19. The predicted molar refractivity (Wildman–Crippen MR) is 76.9 cm³/mol. The summed E-state index contributed by atoms with van der Waals surface area (Å²) >= 11 is 0. The molecule has 1 aliphatic carbocycles. The molecule has 1 aromatic rings. The quantitative estimate of drug-likeness (QED) is 0.790. The Hall–Kier alpha value is -1.26. The number of phenolic OH excluding ortho intramolecular Hbond substituents is 1. The van der Waals surface area contributed by atoms with Gasteiger partial charge in [-0.2, -0.15) is 0 Å². The van der Waals surface area contributed by atoms with Gasteiger partial charge in [-0.05, 0) is 25.0 Å². The molecule has 3 N–H and O–H groups in total. The van der Waals surface area contributed by atoms with Crippen LogP contribution in [0.3, 0.4) is 0 Å². The molecule has 1 aliphatic heterocycles. The molecule has 1 saturated carbocycles. The normalized spacial score (nSPS) is 24.1. The maximum absolute atomic E-state index is 9.74. The zero-order valence-electron chi connectivity index (χ0n) is 11.8. The molecule has 1 fully saturated rings. The first-order chi connectivity index (χ1) is 9.72. The van der Waals surface area contributed by atoms with Gasteiger partial charge in [0.15, 0.2) is 0 Å². The first kappa shape index (κ1) is 13.7. The van der Waals surface area contributed by atoms with Crippen LogP contribution in [0.5, 0.6) is 11.5 Å². The number of rotatable bonds is 4. The Morgan fingerprint density at radius 1 is 1.25 bits per heavy atom. The van der Waals surface area contributed by atoms with Crippen LogP contribution < -0.4 is 10.1 Å². The van der Waals surface area contributed by atoms with Gasteiger partial charge in [0.2, 0.25) is 0 Å². The number of benzene rings is 1. The van der Waals surface area contributed by atoms with Gasteiger partial charge in [0.1, 0.15) is 18.1 Å². The molecule has 4 nitrogen and oxygen atoms in total. The monoisotopic (exact) mass is 277 g/mol. The minimum atomic E-state index is 0.0396. The van der Waals surface area contributed by atoms with Crippen molar-refractivity contribution in [3.05, 3.63) is 23.8 Å². The fraction of sp³-hybridized carbons (Fsp3) is 0.625. The van der Waals surface area contributed by atoms with Gasteiger partial charge in [-0.15, -0.1) is 0 Å². The van der Waals surface area contributed by atoms with Gasteiger partial charge in [0, 0.05) is 30.2 Å². The third-order valence-corrected chi connectivity index (χ3v) is 4.75. The largest absolute Gasteiger partial charge is 0.508 e. The minimum Gasteiger partial charge on any atom is -0.508 e. The van der Waals surface area contributed by atoms with Gasteiger partial charge in [-0.25, -0.2) is 0 Å². The standard InChI is InChI=1S/C16H23NO3/c18-11-16(6-2-1-3-7-16)10-17-14-9-20-15-8-12(19)4-5-13(14)15/h4-5,8,14,17-19H,1-3,6-7,9-11H2. The zero-order chi connectivity index (χ0) is 14.0. The van der Waals surface area contributed by atoms with Gasteiger partial charge < -0.3 is 20.3 Å². The van der Waals surface area contributed by atoms with Crippen LogP contribution in [0.2, 0.25) is 0 Å². The molecular formula is C16H23NO3. The summed E-state index contributed by atoms with van der Waals surface area (Å²) < 4.78 is 5.61. The molecule has 2 aliphatic rings. The zero-order valence-corrected chi connectivity index (χ0v) is 11.8. The Labute approximate surface area is 119 Å². The second kappa shape index (κ2) is 5.62. The van der Waals surface area contributed by atoms with E-state index >= 15 is 0 Å². The van der Waals surface area contributed by atoms with E-state index in [1.165, 1.54) is 19.3 Å². The van der Waals surface area contributed by atoms with Crippen LogP contribution in [0.25, 0.3) is 0 Å². The Bertz CT molecular complexity index is 469. The van der Waals surface area contributed by atoms with E-state index in [1.807, 2.05) is 6.07 Å². The molecule has 0 bridgehead atoms. The van der Waals surface area contributed by atoms with Gasteiger partial charge in [0.25, 0.3) is 0 Å². The van der Waals surface area contributed by atoms with Crippen LogP contribution >= 0.6 is 0 Å². The smallest absolute Gasteiger partial charge is 0.127 e. The number of nitrogens with one attached hydrogen (secondary N) is 1. The molecule has 0 aromatic heterocycles. The Morgan fingerprint density at radius 3 is 2.80 bits per heavy atom. The van der Waals surface area contributed by atoms with Gasteiger partial charge in [-0.1, -0.05) is 19.3 Å². The van der Waals surface area contributed by atoms with Crippen molar-refractivity contribution in [3.63, 3.8) is 0 Å². The molecule has 4 heteroatoms. The van der Waals surface area contributed by atoms with Crippen molar-refractivity contribution in [1.82, 2.24) is 5.32 Å². The summed E-state index contributed by atoms with van der Waals surface area (Å²) in [5.74, 6) is 1.01. The molecule has 0 spiro atoms. The lowest BCUT2D eigenvalue weighted by molar-refractivity contribution is 0.0772. The highest BCUT2D eigenvalue weighted by molar-refractivity contribution is 5.44. The Morgan fingerprint density at radius 2 is 2.05 bits per heavy atom. The number of fused-ring (bicyclic) bond motifs is 1. The van der Waals surface area contributed by atoms with Crippen LogP contribution in [0.1, 0.15) is 43.7 Å². The topological polar surface area (TPSA) is 61.7 Å². The third kappa shape index (κ3) is 2.63. The minimum absolute atomic E-state index is 0.0396. The number of aromatic hydroxyl groups is 1. The van der Waals surface area contributed by atoms with E-state index in [2.05, 4.69) is 5.32 Å². The summed E-state index contributed by atoms with van der Waals surface area (Å²) in [6.45, 7) is 1.69. The van der Waals surface area contributed by atoms with E-state index < -0.39 is 0 Å². The molecule has 1 unspecified atom stereocenters. The molecule has 20 heavy (non-hydrogen) atoms. The van der Waals surface area contributed by atoms with E-state index in [4.69, 9.17) is 4.74 Å². The van der Waals surface area contributed by atoms with Crippen LogP contribution in [0.15, 0.2) is 18.2 Å². The number of ether oxygens (including phenoxy) is 1. The van der Waals surface area contributed by atoms with Crippen molar-refractivity contribution in [2.45, 2.75) is 38.1 Å². The number of aliphatic hydroxyl groups is 1. The second-order valence-corrected chi connectivity index (χ2v) is 6.19. The number of phenols is 1. The first-order valence-corrected chi connectivity index (χ1v) is 7.52. The first-order valence-electron chi connectivity index (χ1n) is 7.52. The Kier molecular flexibility index (Phi) is 3.85. The molecule has 1 aromatic carbocycles. The maximum Gasteiger partial charge on any atom is 0.127 e. The molecule has 0 amide bonds. The molecule has 1 heterocycles. The van der Waals surface area contributed by atoms with Crippen molar-refractivity contribution >= 4 is 0 Å². The van der Waals surface area contributed by atoms with Crippen molar-refractivity contribution in [1.29, 1.82) is 0 Å². The number of aliphatic hydroxyl groups excluding tert-OH is 1. The maximum atomic E-state index is 9.74. The number of hydrogen-bond donors (Lipinski definition) is 3. The molecule has 1 atom stereocenters. The summed E-state index contributed by atoms with van der Waals surface area (Å²) in [6, 6.07) is 5.45. The lowest BCUT2D eigenvalue weighted by atomic mass is 9.74. The van der Waals surface area contributed by atoms with E-state index in [1.54, 1.807) is 12.1 Å². The number of hydrogen-bond acceptors (Lipinski definition) is 4. The van der Waals surface area contributed by atoms with Crippen LogP contribution in [0.4, 0.5) is 0 Å². The summed E-state index contributed by atoms with van der Waals surface area (Å²) in [4.78, 5) is 0. The van der Waals surface area contributed by atoms with E-state index in [9.17, 15) is 10.2 Å². The summed E-state index contributed by atoms with van der Waals surface area (Å²) in [5, 5.41) is 22.8. The fourth-order valence-corrected chi connectivity index (χ4v) is 3.40. The molecule has 110 valence electrons.